The summed E-state index contributed by atoms with van der Waals surface area (Å²) in [5.74, 6) is 0.118. The van der Waals surface area contributed by atoms with Crippen molar-refractivity contribution in [1.82, 2.24) is 19.9 Å². The Morgan fingerprint density at radius 3 is 2.62 bits per heavy atom. The molecule has 4 N–H and O–H groups in total. The van der Waals surface area contributed by atoms with Crippen LogP contribution in [0, 0.1) is 0 Å². The zero-order valence-corrected chi connectivity index (χ0v) is 8.87. The molecule has 84 valence electrons. The van der Waals surface area contributed by atoms with E-state index in [1.165, 1.54) is 6.33 Å². The lowest BCUT2D eigenvalue weighted by Crippen LogP contribution is -2.18. The molecule has 6 nitrogen and oxygen atoms in total. The van der Waals surface area contributed by atoms with Gasteiger partial charge in [-0.2, -0.15) is 0 Å². The standard InChI is InChI=1S/C10H14N6/c11-2-1-7(5-12)8-9-10(16-6-15-8)14-4-3-13-9/h3-4,6-7H,1-2,5,11-12H2. The Bertz CT molecular complexity index is 466. The topological polar surface area (TPSA) is 104 Å². The van der Waals surface area contributed by atoms with E-state index in [0.29, 0.717) is 24.3 Å². The van der Waals surface area contributed by atoms with Crippen molar-refractivity contribution in [3.63, 3.8) is 0 Å². The Balaban J connectivity index is 2.50. The highest BCUT2D eigenvalue weighted by atomic mass is 15.0. The molecule has 0 spiro atoms. The van der Waals surface area contributed by atoms with Crippen LogP contribution in [0.25, 0.3) is 11.2 Å². The van der Waals surface area contributed by atoms with E-state index in [0.717, 1.165) is 12.1 Å². The van der Waals surface area contributed by atoms with Gasteiger partial charge in [0.1, 0.15) is 11.8 Å². The summed E-state index contributed by atoms with van der Waals surface area (Å²) in [6, 6.07) is 0. The minimum atomic E-state index is 0.118. The van der Waals surface area contributed by atoms with Crippen LogP contribution in [0.2, 0.25) is 0 Å². The van der Waals surface area contributed by atoms with Crippen LogP contribution in [0.5, 0.6) is 0 Å². The van der Waals surface area contributed by atoms with E-state index in [9.17, 15) is 0 Å². The minimum absolute atomic E-state index is 0.118. The van der Waals surface area contributed by atoms with Crippen molar-refractivity contribution in [2.24, 2.45) is 11.5 Å². The summed E-state index contributed by atoms with van der Waals surface area (Å²) in [7, 11) is 0. The first-order valence-corrected chi connectivity index (χ1v) is 5.18. The van der Waals surface area contributed by atoms with Crippen LogP contribution in [0.4, 0.5) is 0 Å². The van der Waals surface area contributed by atoms with E-state index in [2.05, 4.69) is 19.9 Å². The van der Waals surface area contributed by atoms with Crippen molar-refractivity contribution >= 4 is 11.2 Å². The van der Waals surface area contributed by atoms with Gasteiger partial charge in [-0.15, -0.1) is 0 Å². The Labute approximate surface area is 93.1 Å². The lowest BCUT2D eigenvalue weighted by atomic mass is 10.0. The monoisotopic (exact) mass is 218 g/mol. The highest BCUT2D eigenvalue weighted by Gasteiger charge is 2.15. The van der Waals surface area contributed by atoms with Gasteiger partial charge in [-0.05, 0) is 13.0 Å². The summed E-state index contributed by atoms with van der Waals surface area (Å²) in [6.07, 6.45) is 5.52. The fourth-order valence-electron chi connectivity index (χ4n) is 1.68. The highest BCUT2D eigenvalue weighted by Crippen LogP contribution is 2.20. The molecule has 2 rings (SSSR count). The van der Waals surface area contributed by atoms with Crippen molar-refractivity contribution in [2.45, 2.75) is 12.3 Å². The smallest absolute Gasteiger partial charge is 0.181 e. The quantitative estimate of drug-likeness (QED) is 0.737. The molecule has 1 unspecified atom stereocenters. The summed E-state index contributed by atoms with van der Waals surface area (Å²) >= 11 is 0. The molecule has 0 aliphatic heterocycles. The molecule has 0 radical (unpaired) electrons. The molecule has 0 saturated heterocycles. The normalized spacial score (nSPS) is 12.9. The van der Waals surface area contributed by atoms with Gasteiger partial charge in [0.25, 0.3) is 0 Å². The molecule has 0 aliphatic rings. The lowest BCUT2D eigenvalue weighted by molar-refractivity contribution is 0.628. The molecule has 0 amide bonds. The molecule has 0 fully saturated rings. The fraction of sp³-hybridized carbons (Fsp3) is 0.400. The predicted octanol–water partition coefficient (Wildman–Crippen LogP) is -0.189. The maximum atomic E-state index is 5.72. The summed E-state index contributed by atoms with van der Waals surface area (Å²) in [4.78, 5) is 16.7. The predicted molar refractivity (Wildman–Crippen MR) is 60.6 cm³/mol. The van der Waals surface area contributed by atoms with Crippen molar-refractivity contribution in [1.29, 1.82) is 0 Å². The van der Waals surface area contributed by atoms with E-state index >= 15 is 0 Å². The van der Waals surface area contributed by atoms with Crippen LogP contribution in [0.3, 0.4) is 0 Å². The zero-order valence-electron chi connectivity index (χ0n) is 8.87. The van der Waals surface area contributed by atoms with E-state index in [1.807, 2.05) is 0 Å². The van der Waals surface area contributed by atoms with Crippen LogP contribution in [-0.2, 0) is 0 Å². The Morgan fingerprint density at radius 1 is 1.06 bits per heavy atom. The van der Waals surface area contributed by atoms with Gasteiger partial charge in [0, 0.05) is 24.9 Å². The number of fused-ring (bicyclic) bond motifs is 1. The molecule has 0 saturated carbocycles. The average Bonchev–Trinajstić information content (AvgIpc) is 2.35. The van der Waals surface area contributed by atoms with E-state index in [1.54, 1.807) is 12.4 Å². The third-order valence-electron chi connectivity index (χ3n) is 2.48. The Kier molecular flexibility index (Phi) is 3.33. The van der Waals surface area contributed by atoms with Gasteiger partial charge >= 0.3 is 0 Å². The number of nitrogens with two attached hydrogens (primary N) is 2. The molecule has 6 heteroatoms. The van der Waals surface area contributed by atoms with Crippen LogP contribution < -0.4 is 11.5 Å². The summed E-state index contributed by atoms with van der Waals surface area (Å²) in [6.45, 7) is 1.08. The SMILES string of the molecule is NCCC(CN)c1ncnc2nccnc12. The number of hydrogen-bond donors (Lipinski definition) is 2. The highest BCUT2D eigenvalue weighted by molar-refractivity contribution is 5.72. The maximum absolute atomic E-state index is 5.72. The van der Waals surface area contributed by atoms with Crippen LogP contribution in [0.15, 0.2) is 18.7 Å². The fourth-order valence-corrected chi connectivity index (χ4v) is 1.68. The summed E-state index contributed by atoms with van der Waals surface area (Å²) < 4.78 is 0. The van der Waals surface area contributed by atoms with Gasteiger partial charge in [-0.3, -0.25) is 0 Å². The van der Waals surface area contributed by atoms with Crippen molar-refractivity contribution in [3.05, 3.63) is 24.4 Å². The molecular weight excluding hydrogens is 204 g/mol. The molecule has 0 aliphatic carbocycles. The molecule has 2 aromatic rings. The van der Waals surface area contributed by atoms with Gasteiger partial charge in [-0.25, -0.2) is 19.9 Å². The second kappa shape index (κ2) is 4.91. The van der Waals surface area contributed by atoms with Gasteiger partial charge in [0.05, 0.1) is 5.69 Å². The van der Waals surface area contributed by atoms with Gasteiger partial charge < -0.3 is 11.5 Å². The second-order valence-corrected chi connectivity index (χ2v) is 3.50. The van der Waals surface area contributed by atoms with E-state index < -0.39 is 0 Å². The Hall–Kier alpha value is -1.66. The van der Waals surface area contributed by atoms with Gasteiger partial charge in [0.2, 0.25) is 0 Å². The van der Waals surface area contributed by atoms with Crippen molar-refractivity contribution in [3.8, 4) is 0 Å². The molecule has 1 atom stereocenters. The maximum Gasteiger partial charge on any atom is 0.181 e. The van der Waals surface area contributed by atoms with Crippen LogP contribution in [0.1, 0.15) is 18.0 Å². The minimum Gasteiger partial charge on any atom is -0.330 e. The second-order valence-electron chi connectivity index (χ2n) is 3.50. The Morgan fingerprint density at radius 2 is 1.88 bits per heavy atom. The largest absolute Gasteiger partial charge is 0.330 e. The zero-order chi connectivity index (χ0) is 11.4. The van der Waals surface area contributed by atoms with Gasteiger partial charge in [0.15, 0.2) is 5.65 Å². The average molecular weight is 218 g/mol. The van der Waals surface area contributed by atoms with Crippen LogP contribution in [-0.4, -0.2) is 33.0 Å². The van der Waals surface area contributed by atoms with Crippen LogP contribution >= 0.6 is 0 Å². The van der Waals surface area contributed by atoms with Crippen molar-refractivity contribution in [2.75, 3.05) is 13.1 Å². The number of hydrogen-bond acceptors (Lipinski definition) is 6. The molecule has 0 bridgehead atoms. The molecule has 2 aromatic heterocycles. The third kappa shape index (κ3) is 1.98. The first-order valence-electron chi connectivity index (χ1n) is 5.18. The molecule has 0 aromatic carbocycles. The molecular formula is C10H14N6. The number of rotatable bonds is 4. The first kappa shape index (κ1) is 10.8. The number of nitrogens with zero attached hydrogens (tertiary/aromatic N) is 4. The number of aromatic nitrogens is 4. The van der Waals surface area contributed by atoms with E-state index in [4.69, 9.17) is 11.5 Å². The van der Waals surface area contributed by atoms with E-state index in [-0.39, 0.29) is 5.92 Å². The summed E-state index contributed by atoms with van der Waals surface area (Å²) in [5.41, 5.74) is 13.4. The van der Waals surface area contributed by atoms with Crippen molar-refractivity contribution < 1.29 is 0 Å². The summed E-state index contributed by atoms with van der Waals surface area (Å²) in [5, 5.41) is 0. The molecule has 2 heterocycles. The molecule has 16 heavy (non-hydrogen) atoms. The third-order valence-corrected chi connectivity index (χ3v) is 2.48. The lowest BCUT2D eigenvalue weighted by Gasteiger charge is -2.13. The first-order chi connectivity index (χ1) is 7.86. The van der Waals surface area contributed by atoms with Gasteiger partial charge in [-0.1, -0.05) is 0 Å².